The summed E-state index contributed by atoms with van der Waals surface area (Å²) < 4.78 is 1.14. The molecule has 2 N–H and O–H groups in total. The highest BCUT2D eigenvalue weighted by molar-refractivity contribution is 6.37. The summed E-state index contributed by atoms with van der Waals surface area (Å²) in [5, 5.41) is 5.89. The van der Waals surface area contributed by atoms with Crippen molar-refractivity contribution in [3.05, 3.63) is 80.6 Å². The SMILES string of the molecule is O=C(Nc1nc2nc(-c3ccccc3)cc(=O)n2[nH]1)c1ccc(Cl)cc1Cl. The van der Waals surface area contributed by atoms with E-state index >= 15 is 0 Å². The Kier molecular flexibility index (Phi) is 4.39. The Balaban J connectivity index is 1.68. The van der Waals surface area contributed by atoms with Gasteiger partial charge in [-0.25, -0.2) is 4.98 Å². The van der Waals surface area contributed by atoms with Crippen molar-refractivity contribution in [3.63, 3.8) is 0 Å². The second-order valence-corrected chi connectivity index (χ2v) is 6.48. The van der Waals surface area contributed by atoms with Crippen molar-refractivity contribution < 1.29 is 4.79 Å². The highest BCUT2D eigenvalue weighted by Gasteiger charge is 2.15. The van der Waals surface area contributed by atoms with Gasteiger partial charge in [0, 0.05) is 16.7 Å². The van der Waals surface area contributed by atoms with Crippen LogP contribution >= 0.6 is 23.2 Å². The van der Waals surface area contributed by atoms with Crippen LogP contribution in [0.1, 0.15) is 10.4 Å². The number of H-pyrrole nitrogens is 1. The van der Waals surface area contributed by atoms with Gasteiger partial charge in [-0.05, 0) is 18.2 Å². The van der Waals surface area contributed by atoms with E-state index in [0.717, 1.165) is 10.1 Å². The Morgan fingerprint density at radius 1 is 1.04 bits per heavy atom. The molecule has 4 aromatic rings. The van der Waals surface area contributed by atoms with Crippen molar-refractivity contribution in [2.45, 2.75) is 0 Å². The first-order chi connectivity index (χ1) is 13.0. The lowest BCUT2D eigenvalue weighted by molar-refractivity contribution is 0.102. The van der Waals surface area contributed by atoms with Crippen LogP contribution in [0.3, 0.4) is 0 Å². The summed E-state index contributed by atoms with van der Waals surface area (Å²) in [6.45, 7) is 0. The molecule has 0 radical (unpaired) electrons. The van der Waals surface area contributed by atoms with E-state index in [0.29, 0.717) is 10.7 Å². The minimum atomic E-state index is -0.493. The molecule has 0 unspecified atom stereocenters. The van der Waals surface area contributed by atoms with Crippen molar-refractivity contribution in [3.8, 4) is 11.3 Å². The van der Waals surface area contributed by atoms with Crippen LogP contribution in [0.2, 0.25) is 10.0 Å². The number of hydrogen-bond acceptors (Lipinski definition) is 4. The average Bonchev–Trinajstić information content (AvgIpc) is 3.05. The Morgan fingerprint density at radius 2 is 1.81 bits per heavy atom. The first-order valence-electron chi connectivity index (χ1n) is 7.83. The number of aromatic nitrogens is 4. The van der Waals surface area contributed by atoms with Gasteiger partial charge in [0.2, 0.25) is 5.95 Å². The molecule has 1 amide bonds. The Hall–Kier alpha value is -3.16. The van der Waals surface area contributed by atoms with E-state index in [9.17, 15) is 9.59 Å². The summed E-state index contributed by atoms with van der Waals surface area (Å²) in [5.41, 5.74) is 1.16. The van der Waals surface area contributed by atoms with Gasteiger partial charge in [0.1, 0.15) is 0 Å². The van der Waals surface area contributed by atoms with Gasteiger partial charge in [-0.1, -0.05) is 53.5 Å². The van der Waals surface area contributed by atoms with Crippen LogP contribution in [0.25, 0.3) is 17.0 Å². The predicted molar refractivity (Wildman–Crippen MR) is 103 cm³/mol. The fourth-order valence-electron chi connectivity index (χ4n) is 2.54. The molecular weight excluding hydrogens is 389 g/mol. The molecule has 2 heterocycles. The number of hydrogen-bond donors (Lipinski definition) is 2. The van der Waals surface area contributed by atoms with Crippen molar-refractivity contribution in [2.75, 3.05) is 5.32 Å². The third kappa shape index (κ3) is 3.42. The maximum Gasteiger partial charge on any atom is 0.274 e. The van der Waals surface area contributed by atoms with Crippen LogP contribution < -0.4 is 10.9 Å². The monoisotopic (exact) mass is 399 g/mol. The predicted octanol–water partition coefficient (Wildman–Crippen LogP) is 3.64. The lowest BCUT2D eigenvalue weighted by Gasteiger charge is -2.03. The van der Waals surface area contributed by atoms with Crippen LogP contribution in [0.15, 0.2) is 59.4 Å². The van der Waals surface area contributed by atoms with E-state index in [1.807, 2.05) is 30.3 Å². The van der Waals surface area contributed by atoms with Gasteiger partial charge in [-0.2, -0.15) is 9.50 Å². The molecule has 4 rings (SSSR count). The van der Waals surface area contributed by atoms with Crippen LogP contribution in [0.5, 0.6) is 0 Å². The minimum Gasteiger partial charge on any atom is -0.291 e. The number of aromatic amines is 1. The zero-order chi connectivity index (χ0) is 19.0. The summed E-state index contributed by atoms with van der Waals surface area (Å²) in [6, 6.07) is 15.2. The molecule has 134 valence electrons. The van der Waals surface area contributed by atoms with Gasteiger partial charge >= 0.3 is 0 Å². The maximum absolute atomic E-state index is 12.4. The molecule has 0 saturated heterocycles. The first kappa shape index (κ1) is 17.3. The lowest BCUT2D eigenvalue weighted by atomic mass is 10.1. The standard InChI is InChI=1S/C18H11Cl2N5O2/c19-11-6-7-12(13(20)8-11)16(27)22-17-23-18-21-14(9-15(26)25(18)24-17)10-4-2-1-3-5-10/h1-9H,(H2,21,22,23,24,27). The second-order valence-electron chi connectivity index (χ2n) is 5.63. The molecule has 27 heavy (non-hydrogen) atoms. The van der Waals surface area contributed by atoms with Crippen molar-refractivity contribution in [1.29, 1.82) is 0 Å². The Bertz CT molecular complexity index is 1220. The number of nitrogens with zero attached hydrogens (tertiary/aromatic N) is 3. The van der Waals surface area contributed by atoms with Gasteiger partial charge in [0.15, 0.2) is 0 Å². The molecule has 0 aliphatic carbocycles. The van der Waals surface area contributed by atoms with Gasteiger partial charge in [0.25, 0.3) is 17.2 Å². The number of benzene rings is 2. The molecule has 2 aromatic carbocycles. The molecule has 2 aromatic heterocycles. The van der Waals surface area contributed by atoms with E-state index in [4.69, 9.17) is 23.2 Å². The summed E-state index contributed by atoms with van der Waals surface area (Å²) in [6.07, 6.45) is 0. The van der Waals surface area contributed by atoms with Gasteiger partial charge in [-0.3, -0.25) is 20.0 Å². The zero-order valence-corrected chi connectivity index (χ0v) is 15.1. The third-order valence-electron chi connectivity index (χ3n) is 3.81. The van der Waals surface area contributed by atoms with E-state index < -0.39 is 5.91 Å². The number of fused-ring (bicyclic) bond motifs is 1. The number of rotatable bonds is 3. The number of anilines is 1. The molecule has 7 nitrogen and oxygen atoms in total. The number of carbonyl (C=O) groups excluding carboxylic acids is 1. The minimum absolute atomic E-state index is 0.0702. The smallest absolute Gasteiger partial charge is 0.274 e. The molecule has 0 aliphatic rings. The summed E-state index contributed by atoms with van der Waals surface area (Å²) in [7, 11) is 0. The number of nitrogens with one attached hydrogen (secondary N) is 2. The quantitative estimate of drug-likeness (QED) is 0.549. The fourth-order valence-corrected chi connectivity index (χ4v) is 3.04. The number of amides is 1. The summed E-state index contributed by atoms with van der Waals surface area (Å²) in [5.74, 6) is -0.285. The molecule has 0 bridgehead atoms. The fraction of sp³-hybridized carbons (Fsp3) is 0. The van der Waals surface area contributed by atoms with E-state index in [1.54, 1.807) is 6.07 Å². The summed E-state index contributed by atoms with van der Waals surface area (Å²) >= 11 is 11.9. The van der Waals surface area contributed by atoms with Crippen LogP contribution in [0, 0.1) is 0 Å². The molecule has 0 atom stereocenters. The number of halogens is 2. The molecule has 0 spiro atoms. The third-order valence-corrected chi connectivity index (χ3v) is 4.36. The first-order valence-corrected chi connectivity index (χ1v) is 8.58. The molecule has 0 aliphatic heterocycles. The van der Waals surface area contributed by atoms with Crippen molar-refractivity contribution in [1.82, 2.24) is 19.6 Å². The molecule has 0 saturated carbocycles. The van der Waals surface area contributed by atoms with Gasteiger partial charge in [0.05, 0.1) is 16.3 Å². The van der Waals surface area contributed by atoms with Crippen molar-refractivity contribution >= 4 is 40.8 Å². The number of carbonyl (C=O) groups is 1. The van der Waals surface area contributed by atoms with E-state index in [1.165, 1.54) is 18.2 Å². The Labute approximate surface area is 162 Å². The zero-order valence-electron chi connectivity index (χ0n) is 13.6. The second kappa shape index (κ2) is 6.86. The van der Waals surface area contributed by atoms with E-state index in [-0.39, 0.29) is 27.9 Å². The van der Waals surface area contributed by atoms with Gasteiger partial charge < -0.3 is 0 Å². The topological polar surface area (TPSA) is 92.2 Å². The van der Waals surface area contributed by atoms with Crippen molar-refractivity contribution in [2.24, 2.45) is 0 Å². The molecule has 0 fully saturated rings. The maximum atomic E-state index is 12.4. The molecule has 9 heteroatoms. The van der Waals surface area contributed by atoms with Crippen LogP contribution in [0.4, 0.5) is 5.95 Å². The van der Waals surface area contributed by atoms with Crippen LogP contribution in [-0.2, 0) is 0 Å². The normalized spacial score (nSPS) is 10.9. The summed E-state index contributed by atoms with van der Waals surface area (Å²) in [4.78, 5) is 33.3. The highest BCUT2D eigenvalue weighted by Crippen LogP contribution is 2.22. The average molecular weight is 400 g/mol. The van der Waals surface area contributed by atoms with E-state index in [2.05, 4.69) is 20.4 Å². The molecular formula is C18H11Cl2N5O2. The highest BCUT2D eigenvalue weighted by atomic mass is 35.5. The lowest BCUT2D eigenvalue weighted by Crippen LogP contribution is -2.16. The van der Waals surface area contributed by atoms with Gasteiger partial charge in [-0.15, -0.1) is 0 Å². The van der Waals surface area contributed by atoms with Crippen LogP contribution in [-0.4, -0.2) is 25.5 Å². The Morgan fingerprint density at radius 3 is 2.56 bits per heavy atom. The largest absolute Gasteiger partial charge is 0.291 e.